The first kappa shape index (κ1) is 19.2. The molecule has 0 bridgehead atoms. The van der Waals surface area contributed by atoms with Crippen molar-refractivity contribution in [2.24, 2.45) is 0 Å². The molecule has 0 aliphatic carbocycles. The van der Waals surface area contributed by atoms with Crippen LogP contribution in [0.15, 0.2) is 42.5 Å². The summed E-state index contributed by atoms with van der Waals surface area (Å²) in [6.45, 7) is 4.28. The predicted molar refractivity (Wildman–Crippen MR) is 106 cm³/mol. The molecule has 28 heavy (non-hydrogen) atoms. The lowest BCUT2D eigenvalue weighted by atomic mass is 10.1. The summed E-state index contributed by atoms with van der Waals surface area (Å²) >= 11 is 1.33. The van der Waals surface area contributed by atoms with Crippen molar-refractivity contribution in [1.82, 2.24) is 9.27 Å². The lowest BCUT2D eigenvalue weighted by Gasteiger charge is -2.30. The molecule has 3 aromatic rings. The first-order valence-electron chi connectivity index (χ1n) is 9.43. The maximum atomic E-state index is 12.7. The smallest absolute Gasteiger partial charge is 0.416 e. The zero-order chi connectivity index (χ0) is 19.6. The maximum absolute atomic E-state index is 12.7. The van der Waals surface area contributed by atoms with E-state index < -0.39 is 11.7 Å². The molecule has 4 rings (SSSR count). The number of halogens is 3. The number of hydrogen-bond donors (Lipinski definition) is 0. The van der Waals surface area contributed by atoms with Gasteiger partial charge in [0.2, 0.25) is 0 Å². The summed E-state index contributed by atoms with van der Waals surface area (Å²) in [6.07, 6.45) is -0.848. The van der Waals surface area contributed by atoms with Crippen LogP contribution in [0, 0.1) is 0 Å². The molecule has 0 atom stereocenters. The number of hydrogen-bond acceptors (Lipinski definition) is 4. The van der Waals surface area contributed by atoms with Gasteiger partial charge in [-0.1, -0.05) is 12.1 Å². The van der Waals surface area contributed by atoms with E-state index in [9.17, 15) is 13.2 Å². The van der Waals surface area contributed by atoms with Gasteiger partial charge in [0.1, 0.15) is 5.75 Å². The minimum atomic E-state index is -4.33. The lowest BCUT2D eigenvalue weighted by molar-refractivity contribution is -0.137. The van der Waals surface area contributed by atoms with Gasteiger partial charge < -0.3 is 9.64 Å². The Morgan fingerprint density at radius 2 is 1.82 bits per heavy atom. The van der Waals surface area contributed by atoms with Gasteiger partial charge >= 0.3 is 6.18 Å². The second-order valence-electron chi connectivity index (χ2n) is 7.02. The van der Waals surface area contributed by atoms with Crippen molar-refractivity contribution in [1.29, 1.82) is 0 Å². The molecule has 1 aliphatic heterocycles. The van der Waals surface area contributed by atoms with Gasteiger partial charge in [-0.25, -0.2) is 0 Å². The van der Waals surface area contributed by atoms with Crippen molar-refractivity contribution in [3.63, 3.8) is 0 Å². The highest BCUT2D eigenvalue weighted by atomic mass is 32.1. The Morgan fingerprint density at radius 3 is 2.50 bits per heavy atom. The molecule has 2 aromatic carbocycles. The fraction of sp³-hybridized carbons (Fsp3) is 0.381. The van der Waals surface area contributed by atoms with Crippen LogP contribution in [0.3, 0.4) is 0 Å². The minimum absolute atomic E-state index is 0.652. The first-order chi connectivity index (χ1) is 13.5. The fourth-order valence-electron chi connectivity index (χ4n) is 3.27. The highest BCUT2D eigenvalue weighted by Crippen LogP contribution is 2.35. The molecule has 0 saturated carbocycles. The lowest BCUT2D eigenvalue weighted by Crippen LogP contribution is -2.37. The Labute approximate surface area is 165 Å². The molecule has 0 N–H and O–H groups in total. The summed E-state index contributed by atoms with van der Waals surface area (Å²) in [5, 5.41) is 0.926. The van der Waals surface area contributed by atoms with Crippen molar-refractivity contribution in [2.75, 3.05) is 26.2 Å². The largest absolute Gasteiger partial charge is 0.494 e. The van der Waals surface area contributed by atoms with Gasteiger partial charge in [0, 0.05) is 10.9 Å². The Kier molecular flexibility index (Phi) is 5.55. The van der Waals surface area contributed by atoms with Gasteiger partial charge in [-0.2, -0.15) is 17.5 Å². The fourth-order valence-corrected chi connectivity index (χ4v) is 4.09. The highest BCUT2D eigenvalue weighted by molar-refractivity contribution is 7.13. The Hall–Kier alpha value is -2.12. The van der Waals surface area contributed by atoms with Crippen molar-refractivity contribution in [3.05, 3.63) is 48.0 Å². The number of alkyl halides is 3. The Morgan fingerprint density at radius 1 is 1.04 bits per heavy atom. The Bertz CT molecular complexity index is 933. The third-order valence-corrected chi connectivity index (χ3v) is 5.82. The maximum Gasteiger partial charge on any atom is 0.416 e. The van der Waals surface area contributed by atoms with Gasteiger partial charge in [-0.15, -0.1) is 0 Å². The van der Waals surface area contributed by atoms with Crippen LogP contribution in [0.2, 0.25) is 0 Å². The van der Waals surface area contributed by atoms with E-state index in [1.807, 2.05) is 18.2 Å². The van der Waals surface area contributed by atoms with Crippen LogP contribution in [0.1, 0.15) is 24.8 Å². The van der Waals surface area contributed by atoms with Gasteiger partial charge in [-0.05, 0) is 80.8 Å². The van der Waals surface area contributed by atoms with Crippen LogP contribution < -0.4 is 4.74 Å². The topological polar surface area (TPSA) is 25.4 Å². The summed E-state index contributed by atoms with van der Waals surface area (Å²) < 4.78 is 49.5. The van der Waals surface area contributed by atoms with Gasteiger partial charge in [0.05, 0.1) is 22.6 Å². The van der Waals surface area contributed by atoms with E-state index >= 15 is 0 Å². The van der Waals surface area contributed by atoms with Crippen LogP contribution >= 0.6 is 11.5 Å². The van der Waals surface area contributed by atoms with Crippen LogP contribution in [0.5, 0.6) is 5.75 Å². The van der Waals surface area contributed by atoms with Crippen LogP contribution in [-0.4, -0.2) is 35.5 Å². The van der Waals surface area contributed by atoms with E-state index in [0.717, 1.165) is 47.4 Å². The molecule has 0 amide bonds. The number of ether oxygens (including phenoxy) is 1. The molecule has 0 radical (unpaired) electrons. The van der Waals surface area contributed by atoms with Crippen molar-refractivity contribution < 1.29 is 17.9 Å². The van der Waals surface area contributed by atoms with E-state index in [0.29, 0.717) is 17.9 Å². The molecule has 1 aromatic heterocycles. The SMILES string of the molecule is FC(F)(F)c1ccc(-c2nsc3cc(OCCCCN4CCC4)ccc23)cc1. The quantitative estimate of drug-likeness (QED) is 0.461. The van der Waals surface area contributed by atoms with E-state index in [1.165, 1.54) is 43.2 Å². The molecule has 1 fully saturated rings. The van der Waals surface area contributed by atoms with E-state index in [-0.39, 0.29) is 0 Å². The number of benzene rings is 2. The molecule has 0 spiro atoms. The number of likely N-dealkylation sites (tertiary alicyclic amines) is 1. The molecule has 3 nitrogen and oxygen atoms in total. The minimum Gasteiger partial charge on any atom is -0.494 e. The molecule has 148 valence electrons. The average molecular weight is 406 g/mol. The molecule has 2 heterocycles. The van der Waals surface area contributed by atoms with Gasteiger partial charge in [-0.3, -0.25) is 0 Å². The van der Waals surface area contributed by atoms with Crippen molar-refractivity contribution >= 4 is 21.6 Å². The third kappa shape index (κ3) is 4.31. The average Bonchev–Trinajstić information content (AvgIpc) is 3.05. The number of rotatable bonds is 7. The Balaban J connectivity index is 1.39. The summed E-state index contributed by atoms with van der Waals surface area (Å²) in [7, 11) is 0. The second-order valence-corrected chi connectivity index (χ2v) is 7.82. The monoisotopic (exact) mass is 406 g/mol. The van der Waals surface area contributed by atoms with Gasteiger partial charge in [0.25, 0.3) is 0 Å². The first-order valence-corrected chi connectivity index (χ1v) is 10.2. The molecule has 0 unspecified atom stereocenters. The molecule has 1 aliphatic rings. The summed E-state index contributed by atoms with van der Waals surface area (Å²) in [4.78, 5) is 2.45. The van der Waals surface area contributed by atoms with E-state index in [4.69, 9.17) is 4.74 Å². The van der Waals surface area contributed by atoms with Crippen molar-refractivity contribution in [3.8, 4) is 17.0 Å². The standard InChI is InChI=1S/C21H21F3N2OS/c22-21(23,24)16-6-4-15(5-7-16)20-18-9-8-17(14-19(18)28-25-20)27-13-2-1-10-26-11-3-12-26/h4-9,14H,1-3,10-13H2. The van der Waals surface area contributed by atoms with Crippen LogP contribution in [-0.2, 0) is 6.18 Å². The molecular formula is C21H21F3N2OS. The molecule has 1 saturated heterocycles. The van der Waals surface area contributed by atoms with E-state index in [1.54, 1.807) is 0 Å². The second kappa shape index (κ2) is 8.09. The molecule has 7 heteroatoms. The number of fused-ring (bicyclic) bond motifs is 1. The van der Waals surface area contributed by atoms with Crippen molar-refractivity contribution in [2.45, 2.75) is 25.4 Å². The third-order valence-electron chi connectivity index (χ3n) is 5.02. The van der Waals surface area contributed by atoms with Gasteiger partial charge in [0.15, 0.2) is 0 Å². The summed E-state index contributed by atoms with van der Waals surface area (Å²) in [6, 6.07) is 10.9. The van der Waals surface area contributed by atoms with E-state index in [2.05, 4.69) is 9.27 Å². The zero-order valence-electron chi connectivity index (χ0n) is 15.3. The normalized spacial score (nSPS) is 15.0. The number of unbranched alkanes of at least 4 members (excludes halogenated alkanes) is 1. The zero-order valence-corrected chi connectivity index (χ0v) is 16.2. The summed E-state index contributed by atoms with van der Waals surface area (Å²) in [5.74, 6) is 0.805. The number of nitrogens with zero attached hydrogens (tertiary/aromatic N) is 2. The summed E-state index contributed by atoms with van der Waals surface area (Å²) in [5.41, 5.74) is 0.731. The highest BCUT2D eigenvalue weighted by Gasteiger charge is 2.30. The predicted octanol–water partition coefficient (Wildman–Crippen LogP) is 5.85. The number of aromatic nitrogens is 1. The van der Waals surface area contributed by atoms with Crippen LogP contribution in [0.4, 0.5) is 13.2 Å². The van der Waals surface area contributed by atoms with Crippen LogP contribution in [0.25, 0.3) is 21.3 Å². The molecular weight excluding hydrogens is 385 g/mol.